The summed E-state index contributed by atoms with van der Waals surface area (Å²) in [7, 11) is 0. The molecule has 0 aliphatic rings. The van der Waals surface area contributed by atoms with Gasteiger partial charge in [-0.05, 0) is 24.0 Å². The smallest absolute Gasteiger partial charge is 0.358 e. The number of amides is 1. The Kier molecular flexibility index (Phi) is 5.87. The Balaban J connectivity index is 1.71. The van der Waals surface area contributed by atoms with E-state index in [4.69, 9.17) is 34.8 Å². The second-order valence-corrected chi connectivity index (χ2v) is 7.05. The highest BCUT2D eigenvalue weighted by atomic mass is 35.5. The molecule has 0 bridgehead atoms. The Labute approximate surface area is 173 Å². The summed E-state index contributed by atoms with van der Waals surface area (Å²) in [6.07, 6.45) is 1.53. The number of aromatic nitrogens is 4. The van der Waals surface area contributed by atoms with E-state index in [0.29, 0.717) is 21.3 Å². The van der Waals surface area contributed by atoms with E-state index in [1.165, 1.54) is 21.6 Å². The third-order valence-corrected chi connectivity index (χ3v) is 4.79. The Hall–Kier alpha value is -2.62. The highest BCUT2D eigenvalue weighted by Gasteiger charge is 2.19. The van der Waals surface area contributed by atoms with Crippen molar-refractivity contribution < 1.29 is 9.72 Å². The Bertz CT molecular complexity index is 1040. The highest BCUT2D eigenvalue weighted by Crippen LogP contribution is 2.27. The molecule has 146 valence electrons. The van der Waals surface area contributed by atoms with E-state index < -0.39 is 10.8 Å². The highest BCUT2D eigenvalue weighted by molar-refractivity contribution is 6.36. The molecule has 0 radical (unpaired) electrons. The predicted octanol–water partition coefficient (Wildman–Crippen LogP) is 3.94. The molecular weight excluding hydrogens is 431 g/mol. The van der Waals surface area contributed by atoms with Gasteiger partial charge in [0.2, 0.25) is 5.91 Å². The summed E-state index contributed by atoms with van der Waals surface area (Å²) in [5.41, 5.74) is 1.15. The number of anilines is 1. The van der Waals surface area contributed by atoms with E-state index in [0.717, 1.165) is 0 Å². The SMILES string of the molecule is Cc1cc([N+](=O)[O-])nn1CC(=O)Nc1nn(Cc2c(Cl)cccc2Cl)cc1Cl. The van der Waals surface area contributed by atoms with Crippen molar-refractivity contribution >= 4 is 52.3 Å². The standard InChI is InChI=1S/C16H13Cl3N6O3/c1-9-5-14(25(27)28)21-24(9)8-15(26)20-16-13(19)7-23(22-16)6-10-11(17)3-2-4-12(10)18/h2-5,7H,6,8H2,1H3,(H,20,22,26). The lowest BCUT2D eigenvalue weighted by atomic mass is 10.2. The summed E-state index contributed by atoms with van der Waals surface area (Å²) in [6.45, 7) is 1.65. The van der Waals surface area contributed by atoms with Gasteiger partial charge in [0, 0.05) is 21.8 Å². The molecule has 0 atom stereocenters. The van der Waals surface area contributed by atoms with Gasteiger partial charge in [0.15, 0.2) is 5.82 Å². The van der Waals surface area contributed by atoms with Crippen LogP contribution in [0.25, 0.3) is 0 Å². The number of hydrogen-bond acceptors (Lipinski definition) is 5. The zero-order valence-corrected chi connectivity index (χ0v) is 16.7. The molecule has 0 fully saturated rings. The van der Waals surface area contributed by atoms with Gasteiger partial charge < -0.3 is 15.4 Å². The second kappa shape index (κ2) is 8.17. The largest absolute Gasteiger partial charge is 0.390 e. The van der Waals surface area contributed by atoms with Crippen LogP contribution in [0.5, 0.6) is 0 Å². The van der Waals surface area contributed by atoms with Crippen LogP contribution in [-0.2, 0) is 17.9 Å². The number of nitrogens with zero attached hydrogens (tertiary/aromatic N) is 5. The lowest BCUT2D eigenvalue weighted by Gasteiger charge is -2.07. The monoisotopic (exact) mass is 442 g/mol. The zero-order valence-electron chi connectivity index (χ0n) is 14.4. The topological polar surface area (TPSA) is 108 Å². The molecule has 12 heteroatoms. The summed E-state index contributed by atoms with van der Waals surface area (Å²) in [5, 5.41) is 22.5. The summed E-state index contributed by atoms with van der Waals surface area (Å²) >= 11 is 18.4. The molecule has 0 saturated heterocycles. The average molecular weight is 444 g/mol. The van der Waals surface area contributed by atoms with Crippen molar-refractivity contribution in [1.82, 2.24) is 19.6 Å². The van der Waals surface area contributed by atoms with Crippen molar-refractivity contribution in [2.75, 3.05) is 5.32 Å². The molecule has 3 rings (SSSR count). The number of benzene rings is 1. The summed E-state index contributed by atoms with van der Waals surface area (Å²) in [6, 6.07) is 6.43. The summed E-state index contributed by atoms with van der Waals surface area (Å²) in [4.78, 5) is 22.4. The van der Waals surface area contributed by atoms with Crippen molar-refractivity contribution in [3.05, 3.63) is 66.9 Å². The first-order valence-electron chi connectivity index (χ1n) is 7.89. The van der Waals surface area contributed by atoms with Crippen LogP contribution in [0.2, 0.25) is 15.1 Å². The van der Waals surface area contributed by atoms with Crippen LogP contribution in [0.15, 0.2) is 30.5 Å². The third kappa shape index (κ3) is 4.44. The van der Waals surface area contributed by atoms with Crippen molar-refractivity contribution in [2.45, 2.75) is 20.0 Å². The number of carbonyl (C=O) groups excluding carboxylic acids is 1. The van der Waals surface area contributed by atoms with Crippen molar-refractivity contribution in [1.29, 1.82) is 0 Å². The van der Waals surface area contributed by atoms with E-state index in [9.17, 15) is 14.9 Å². The molecule has 0 spiro atoms. The van der Waals surface area contributed by atoms with E-state index >= 15 is 0 Å². The van der Waals surface area contributed by atoms with E-state index in [1.54, 1.807) is 25.1 Å². The normalized spacial score (nSPS) is 10.9. The molecule has 0 aliphatic carbocycles. The average Bonchev–Trinajstić information content (AvgIpc) is 3.14. The lowest BCUT2D eigenvalue weighted by Crippen LogP contribution is -2.21. The predicted molar refractivity (Wildman–Crippen MR) is 105 cm³/mol. The first kappa shape index (κ1) is 20.1. The molecule has 1 N–H and O–H groups in total. The zero-order chi connectivity index (χ0) is 20.4. The van der Waals surface area contributed by atoms with Crippen LogP contribution < -0.4 is 5.32 Å². The van der Waals surface area contributed by atoms with E-state index in [1.807, 2.05) is 0 Å². The molecule has 0 saturated carbocycles. The third-order valence-electron chi connectivity index (χ3n) is 3.81. The maximum atomic E-state index is 12.2. The second-order valence-electron chi connectivity index (χ2n) is 5.83. The molecule has 1 amide bonds. The van der Waals surface area contributed by atoms with Gasteiger partial charge >= 0.3 is 5.82 Å². The maximum Gasteiger partial charge on any atom is 0.390 e. The number of nitro groups is 1. The van der Waals surface area contributed by atoms with Crippen LogP contribution in [0.4, 0.5) is 11.6 Å². The molecule has 0 unspecified atom stereocenters. The van der Waals surface area contributed by atoms with Gasteiger partial charge in [0.1, 0.15) is 11.6 Å². The summed E-state index contributed by atoms with van der Waals surface area (Å²) < 4.78 is 2.72. The Morgan fingerprint density at radius 3 is 2.50 bits per heavy atom. The van der Waals surface area contributed by atoms with Crippen LogP contribution in [-0.4, -0.2) is 30.4 Å². The first-order chi connectivity index (χ1) is 13.2. The minimum Gasteiger partial charge on any atom is -0.358 e. The van der Waals surface area contributed by atoms with E-state index in [-0.39, 0.29) is 29.7 Å². The molecule has 2 heterocycles. The van der Waals surface area contributed by atoms with Crippen molar-refractivity contribution in [3.63, 3.8) is 0 Å². The van der Waals surface area contributed by atoms with Gasteiger partial charge in [0.05, 0.1) is 23.4 Å². The minimum atomic E-state index is -0.625. The van der Waals surface area contributed by atoms with E-state index in [2.05, 4.69) is 15.5 Å². The van der Waals surface area contributed by atoms with Crippen LogP contribution >= 0.6 is 34.8 Å². The minimum absolute atomic E-state index is 0.147. The first-order valence-corrected chi connectivity index (χ1v) is 9.02. The molecular formula is C16H13Cl3N6O3. The maximum absolute atomic E-state index is 12.2. The van der Waals surface area contributed by atoms with Gasteiger partial charge in [-0.2, -0.15) is 9.78 Å². The van der Waals surface area contributed by atoms with Gasteiger partial charge in [-0.1, -0.05) is 40.9 Å². The molecule has 0 aliphatic heterocycles. The molecule has 2 aromatic heterocycles. The number of rotatable bonds is 6. The fourth-order valence-corrected chi connectivity index (χ4v) is 3.17. The number of nitrogens with one attached hydrogen (secondary N) is 1. The number of hydrogen-bond donors (Lipinski definition) is 1. The van der Waals surface area contributed by atoms with Crippen molar-refractivity contribution in [3.8, 4) is 0 Å². The Morgan fingerprint density at radius 2 is 1.89 bits per heavy atom. The number of carbonyl (C=O) groups is 1. The van der Waals surface area contributed by atoms with Crippen LogP contribution in [0.1, 0.15) is 11.3 Å². The van der Waals surface area contributed by atoms with Gasteiger partial charge in [0.25, 0.3) is 0 Å². The van der Waals surface area contributed by atoms with Gasteiger partial charge in [-0.3, -0.25) is 9.48 Å². The molecule has 9 nitrogen and oxygen atoms in total. The van der Waals surface area contributed by atoms with Gasteiger partial charge in [-0.15, -0.1) is 0 Å². The van der Waals surface area contributed by atoms with Gasteiger partial charge in [-0.25, -0.2) is 0 Å². The molecule has 3 aromatic rings. The van der Waals surface area contributed by atoms with Crippen LogP contribution in [0.3, 0.4) is 0 Å². The summed E-state index contributed by atoms with van der Waals surface area (Å²) in [5.74, 6) is -0.664. The molecule has 28 heavy (non-hydrogen) atoms. The fraction of sp³-hybridized carbons (Fsp3) is 0.188. The Morgan fingerprint density at radius 1 is 1.21 bits per heavy atom. The fourth-order valence-electron chi connectivity index (χ4n) is 2.46. The number of aryl methyl sites for hydroxylation is 1. The lowest BCUT2D eigenvalue weighted by molar-refractivity contribution is -0.389. The number of halogens is 3. The quantitative estimate of drug-likeness (QED) is 0.458. The van der Waals surface area contributed by atoms with Crippen LogP contribution in [0, 0.1) is 17.0 Å². The van der Waals surface area contributed by atoms with Crippen molar-refractivity contribution in [2.24, 2.45) is 0 Å². The molecule has 1 aromatic carbocycles.